The van der Waals surface area contributed by atoms with E-state index in [2.05, 4.69) is 59.2 Å². The quantitative estimate of drug-likeness (QED) is 0.124. The SMILES string of the molecule is C=C/C(CCCCCCCC)=C(C)\C(C)=C(/C)C(C=C)(CCN)CCNC(=O)C1=C(C)CCCC1. The number of rotatable bonds is 17. The molecule has 0 saturated heterocycles. The molecule has 1 amide bonds. The molecule has 198 valence electrons. The van der Waals surface area contributed by atoms with Crippen LogP contribution < -0.4 is 11.1 Å². The number of hydrogen-bond donors (Lipinski definition) is 2. The summed E-state index contributed by atoms with van der Waals surface area (Å²) in [5.74, 6) is 0.107. The van der Waals surface area contributed by atoms with Crippen molar-refractivity contribution in [2.24, 2.45) is 11.1 Å². The largest absolute Gasteiger partial charge is 0.352 e. The number of allylic oxidation sites excluding steroid dienone is 7. The van der Waals surface area contributed by atoms with Gasteiger partial charge in [0.2, 0.25) is 5.91 Å². The third-order valence-electron chi connectivity index (χ3n) is 8.26. The molecule has 35 heavy (non-hydrogen) atoms. The molecular weight excluding hydrogens is 428 g/mol. The Labute approximate surface area is 217 Å². The smallest absolute Gasteiger partial charge is 0.247 e. The summed E-state index contributed by atoms with van der Waals surface area (Å²) in [5.41, 5.74) is 13.4. The zero-order valence-electron chi connectivity index (χ0n) is 23.7. The summed E-state index contributed by atoms with van der Waals surface area (Å²) in [5, 5.41) is 3.20. The Balaban J connectivity index is 2.98. The van der Waals surface area contributed by atoms with Gasteiger partial charge in [0.05, 0.1) is 0 Å². The van der Waals surface area contributed by atoms with Gasteiger partial charge in [-0.05, 0) is 102 Å². The number of carbonyl (C=O) groups is 1. The minimum atomic E-state index is -0.226. The van der Waals surface area contributed by atoms with Gasteiger partial charge in [0.15, 0.2) is 0 Å². The molecule has 1 rings (SSSR count). The van der Waals surface area contributed by atoms with E-state index in [0.717, 1.165) is 44.1 Å². The van der Waals surface area contributed by atoms with Gasteiger partial charge in [-0.25, -0.2) is 0 Å². The monoisotopic (exact) mass is 482 g/mol. The van der Waals surface area contributed by atoms with Crippen molar-refractivity contribution in [3.8, 4) is 0 Å². The van der Waals surface area contributed by atoms with E-state index in [9.17, 15) is 4.79 Å². The van der Waals surface area contributed by atoms with Crippen molar-refractivity contribution in [3.05, 3.63) is 58.7 Å². The van der Waals surface area contributed by atoms with Crippen molar-refractivity contribution in [1.82, 2.24) is 5.32 Å². The topological polar surface area (TPSA) is 55.1 Å². The molecule has 3 heteroatoms. The first-order valence-electron chi connectivity index (χ1n) is 14.1. The summed E-state index contributed by atoms with van der Waals surface area (Å²) in [6.07, 6.45) is 18.9. The van der Waals surface area contributed by atoms with Crippen LogP contribution in [0.2, 0.25) is 0 Å². The Morgan fingerprint density at radius 3 is 2.26 bits per heavy atom. The Hall–Kier alpha value is -1.87. The van der Waals surface area contributed by atoms with Crippen LogP contribution in [0.4, 0.5) is 0 Å². The number of unbranched alkanes of at least 4 members (excludes halogenated alkanes) is 5. The fourth-order valence-corrected chi connectivity index (χ4v) is 5.42. The van der Waals surface area contributed by atoms with E-state index >= 15 is 0 Å². The normalized spacial score (nSPS) is 17.3. The van der Waals surface area contributed by atoms with E-state index < -0.39 is 0 Å². The van der Waals surface area contributed by atoms with Crippen LogP contribution in [0.25, 0.3) is 0 Å². The fourth-order valence-electron chi connectivity index (χ4n) is 5.42. The van der Waals surface area contributed by atoms with E-state index in [1.165, 1.54) is 72.8 Å². The summed E-state index contributed by atoms with van der Waals surface area (Å²) >= 11 is 0. The Bertz CT molecular complexity index is 798. The van der Waals surface area contributed by atoms with Gasteiger partial charge < -0.3 is 11.1 Å². The van der Waals surface area contributed by atoms with E-state index in [4.69, 9.17) is 5.73 Å². The standard InChI is InChI=1S/C32H54N2O/c1-8-11-12-13-14-15-19-29(9-2)27(6)26(5)28(7)32(10-3,21-23-33)22-24-34-31(35)30-20-17-16-18-25(30)4/h9-10H,2-3,8,11-24,33H2,1,4-7H3,(H,34,35)/b28-26+,29-27+. The fraction of sp³-hybridized carbons (Fsp3) is 0.656. The molecule has 0 aromatic heterocycles. The molecule has 3 nitrogen and oxygen atoms in total. The molecule has 3 N–H and O–H groups in total. The molecule has 0 fully saturated rings. The average Bonchev–Trinajstić information content (AvgIpc) is 2.86. The van der Waals surface area contributed by atoms with Crippen LogP contribution in [0.5, 0.6) is 0 Å². The average molecular weight is 483 g/mol. The predicted molar refractivity (Wildman–Crippen MR) is 154 cm³/mol. The van der Waals surface area contributed by atoms with Crippen LogP contribution in [0, 0.1) is 5.41 Å². The maximum absolute atomic E-state index is 12.8. The maximum Gasteiger partial charge on any atom is 0.247 e. The number of amides is 1. The van der Waals surface area contributed by atoms with Gasteiger partial charge in [-0.15, -0.1) is 6.58 Å². The van der Waals surface area contributed by atoms with Crippen molar-refractivity contribution >= 4 is 5.91 Å². The molecule has 0 aromatic carbocycles. The Morgan fingerprint density at radius 2 is 1.66 bits per heavy atom. The first-order chi connectivity index (χ1) is 16.8. The van der Waals surface area contributed by atoms with Crippen LogP contribution in [0.15, 0.2) is 58.7 Å². The lowest BCUT2D eigenvalue weighted by Crippen LogP contribution is -2.33. The molecule has 0 aromatic rings. The lowest BCUT2D eigenvalue weighted by Gasteiger charge is -2.34. The minimum absolute atomic E-state index is 0.107. The summed E-state index contributed by atoms with van der Waals surface area (Å²) in [6.45, 7) is 20.6. The zero-order valence-corrected chi connectivity index (χ0v) is 23.7. The van der Waals surface area contributed by atoms with E-state index in [1.807, 2.05) is 6.08 Å². The molecule has 1 aliphatic rings. The lowest BCUT2D eigenvalue weighted by molar-refractivity contribution is -0.117. The third-order valence-corrected chi connectivity index (χ3v) is 8.26. The van der Waals surface area contributed by atoms with Gasteiger partial charge in [0.25, 0.3) is 0 Å². The van der Waals surface area contributed by atoms with Gasteiger partial charge in [0, 0.05) is 17.5 Å². The highest BCUT2D eigenvalue weighted by Crippen LogP contribution is 2.40. The summed E-state index contributed by atoms with van der Waals surface area (Å²) < 4.78 is 0. The van der Waals surface area contributed by atoms with E-state index in [1.54, 1.807) is 0 Å². The van der Waals surface area contributed by atoms with Crippen LogP contribution in [-0.4, -0.2) is 19.0 Å². The van der Waals surface area contributed by atoms with Crippen molar-refractivity contribution in [3.63, 3.8) is 0 Å². The summed E-state index contributed by atoms with van der Waals surface area (Å²) in [4.78, 5) is 12.8. The van der Waals surface area contributed by atoms with E-state index in [-0.39, 0.29) is 11.3 Å². The highest BCUT2D eigenvalue weighted by molar-refractivity contribution is 5.94. The van der Waals surface area contributed by atoms with Crippen molar-refractivity contribution in [2.45, 2.75) is 118 Å². The predicted octanol–water partition coefficient (Wildman–Crippen LogP) is 8.49. The highest BCUT2D eigenvalue weighted by Gasteiger charge is 2.30. The first kappa shape index (κ1) is 31.2. The van der Waals surface area contributed by atoms with Gasteiger partial charge >= 0.3 is 0 Å². The third kappa shape index (κ3) is 9.60. The lowest BCUT2D eigenvalue weighted by atomic mass is 9.72. The number of carbonyl (C=O) groups excluding carboxylic acids is 1. The number of nitrogens with two attached hydrogens (primary N) is 1. The van der Waals surface area contributed by atoms with Crippen molar-refractivity contribution < 1.29 is 4.79 Å². The van der Waals surface area contributed by atoms with Crippen LogP contribution in [0.1, 0.15) is 118 Å². The van der Waals surface area contributed by atoms with Gasteiger partial charge in [0.1, 0.15) is 0 Å². The number of nitrogens with one attached hydrogen (secondary N) is 1. The van der Waals surface area contributed by atoms with Crippen LogP contribution in [0.3, 0.4) is 0 Å². The summed E-state index contributed by atoms with van der Waals surface area (Å²) in [7, 11) is 0. The summed E-state index contributed by atoms with van der Waals surface area (Å²) in [6, 6.07) is 0. The molecule has 1 unspecified atom stereocenters. The minimum Gasteiger partial charge on any atom is -0.352 e. The molecule has 1 atom stereocenters. The molecule has 0 bridgehead atoms. The second kappa shape index (κ2) is 16.7. The van der Waals surface area contributed by atoms with Crippen LogP contribution in [-0.2, 0) is 4.79 Å². The van der Waals surface area contributed by atoms with Gasteiger partial charge in [-0.3, -0.25) is 4.79 Å². The van der Waals surface area contributed by atoms with Crippen molar-refractivity contribution in [2.75, 3.05) is 13.1 Å². The first-order valence-corrected chi connectivity index (χ1v) is 14.1. The van der Waals surface area contributed by atoms with Crippen molar-refractivity contribution in [1.29, 1.82) is 0 Å². The second-order valence-corrected chi connectivity index (χ2v) is 10.5. The molecule has 1 aliphatic carbocycles. The Morgan fingerprint density at radius 1 is 1.00 bits per heavy atom. The second-order valence-electron chi connectivity index (χ2n) is 10.5. The van der Waals surface area contributed by atoms with Gasteiger partial charge in [-0.1, -0.05) is 68.9 Å². The van der Waals surface area contributed by atoms with E-state index in [0.29, 0.717) is 13.1 Å². The molecular formula is C32H54N2O. The molecule has 0 spiro atoms. The zero-order chi connectivity index (χ0) is 26.3. The van der Waals surface area contributed by atoms with Crippen LogP contribution >= 0.6 is 0 Å². The maximum atomic E-state index is 12.8. The highest BCUT2D eigenvalue weighted by atomic mass is 16.1. The number of hydrogen-bond acceptors (Lipinski definition) is 2. The Kier molecular flexibility index (Phi) is 14.9. The molecule has 0 heterocycles. The molecule has 0 radical (unpaired) electrons. The molecule has 0 aliphatic heterocycles. The molecule has 0 saturated carbocycles. The van der Waals surface area contributed by atoms with Gasteiger partial charge in [-0.2, -0.15) is 0 Å².